The van der Waals surface area contributed by atoms with E-state index in [1.807, 2.05) is 6.92 Å². The lowest BCUT2D eigenvalue weighted by Gasteiger charge is -2.00. The van der Waals surface area contributed by atoms with Crippen LogP contribution < -0.4 is 5.32 Å². The Labute approximate surface area is 61.4 Å². The van der Waals surface area contributed by atoms with Gasteiger partial charge in [-0.2, -0.15) is 0 Å². The Hall–Kier alpha value is -0.570. The molecule has 1 N–H and O–H groups in total. The van der Waals surface area contributed by atoms with Gasteiger partial charge in [0, 0.05) is 32.6 Å². The van der Waals surface area contributed by atoms with Crippen LogP contribution in [0.5, 0.6) is 0 Å². The molecule has 1 heterocycles. The first-order valence-electron chi connectivity index (χ1n) is 3.82. The van der Waals surface area contributed by atoms with Crippen molar-refractivity contribution in [3.8, 4) is 0 Å². The normalized spacial score (nSPS) is 16.9. The van der Waals surface area contributed by atoms with E-state index in [4.69, 9.17) is 0 Å². The van der Waals surface area contributed by atoms with Gasteiger partial charge in [0.05, 0.1) is 0 Å². The second-order valence-electron chi connectivity index (χ2n) is 2.55. The summed E-state index contributed by atoms with van der Waals surface area (Å²) in [6, 6.07) is 0. The van der Waals surface area contributed by atoms with Crippen molar-refractivity contribution >= 4 is 5.91 Å². The minimum atomic E-state index is 0.175. The topological polar surface area (TPSA) is 32.1 Å². The van der Waals surface area contributed by atoms with Crippen LogP contribution in [-0.2, 0) is 4.79 Å². The molecule has 3 nitrogen and oxygen atoms in total. The third-order valence-corrected chi connectivity index (χ3v) is 1.57. The van der Waals surface area contributed by atoms with E-state index in [0.29, 0.717) is 6.42 Å². The lowest BCUT2D eigenvalue weighted by Crippen LogP contribution is -2.24. The van der Waals surface area contributed by atoms with Crippen molar-refractivity contribution in [3.05, 3.63) is 0 Å². The summed E-state index contributed by atoms with van der Waals surface area (Å²) in [4.78, 5) is 13.1. The van der Waals surface area contributed by atoms with Crippen molar-refractivity contribution in [1.82, 2.24) is 10.2 Å². The molecular weight excluding hydrogens is 128 g/mol. The second-order valence-corrected chi connectivity index (χ2v) is 2.55. The lowest BCUT2D eigenvalue weighted by molar-refractivity contribution is -0.121. The van der Waals surface area contributed by atoms with Crippen molar-refractivity contribution in [2.75, 3.05) is 26.2 Å². The molecule has 0 radical (unpaired) electrons. The number of hydrogen-bond donors (Lipinski definition) is 1. The van der Waals surface area contributed by atoms with Gasteiger partial charge < -0.3 is 10.2 Å². The molecule has 0 atom stereocenters. The molecule has 1 aliphatic rings. The van der Waals surface area contributed by atoms with Gasteiger partial charge in [0.25, 0.3) is 0 Å². The standard InChI is InChI=1S/C7H14N2O/c1-2-8-7(10)3-4-9-5-6-9/h2-6H2,1H3,(H,8,10). The number of amides is 1. The molecule has 3 heteroatoms. The van der Waals surface area contributed by atoms with Crippen LogP contribution in [0.15, 0.2) is 0 Å². The smallest absolute Gasteiger partial charge is 0.221 e. The highest BCUT2D eigenvalue weighted by Gasteiger charge is 2.16. The Bertz CT molecular complexity index is 121. The Morgan fingerprint density at radius 3 is 2.80 bits per heavy atom. The predicted molar refractivity (Wildman–Crippen MR) is 39.7 cm³/mol. The van der Waals surface area contributed by atoms with Gasteiger partial charge in [-0.15, -0.1) is 0 Å². The van der Waals surface area contributed by atoms with Gasteiger partial charge in [-0.05, 0) is 6.92 Å². The average molecular weight is 142 g/mol. The molecule has 0 aromatic rings. The van der Waals surface area contributed by atoms with E-state index in [0.717, 1.165) is 13.1 Å². The molecule has 0 bridgehead atoms. The maximum atomic E-state index is 10.8. The quantitative estimate of drug-likeness (QED) is 0.553. The molecule has 0 unspecified atom stereocenters. The molecule has 1 saturated heterocycles. The molecular formula is C7H14N2O. The summed E-state index contributed by atoms with van der Waals surface area (Å²) in [5.74, 6) is 0.175. The van der Waals surface area contributed by atoms with Crippen molar-refractivity contribution < 1.29 is 4.79 Å². The van der Waals surface area contributed by atoms with Gasteiger partial charge in [-0.3, -0.25) is 4.79 Å². The number of carbonyl (C=O) groups excluding carboxylic acids is 1. The minimum Gasteiger partial charge on any atom is -0.356 e. The Balaban J connectivity index is 1.94. The maximum absolute atomic E-state index is 10.8. The average Bonchev–Trinajstić information content (AvgIpc) is 2.67. The molecule has 0 saturated carbocycles. The fourth-order valence-electron chi connectivity index (χ4n) is 0.840. The van der Waals surface area contributed by atoms with E-state index in [9.17, 15) is 4.79 Å². The summed E-state index contributed by atoms with van der Waals surface area (Å²) in [7, 11) is 0. The van der Waals surface area contributed by atoms with Crippen LogP contribution in [0.1, 0.15) is 13.3 Å². The Morgan fingerprint density at radius 1 is 1.60 bits per heavy atom. The van der Waals surface area contributed by atoms with Gasteiger partial charge >= 0.3 is 0 Å². The summed E-state index contributed by atoms with van der Waals surface area (Å²) in [5.41, 5.74) is 0. The second kappa shape index (κ2) is 3.56. The van der Waals surface area contributed by atoms with E-state index in [1.165, 1.54) is 13.1 Å². The van der Waals surface area contributed by atoms with Gasteiger partial charge in [-0.1, -0.05) is 0 Å². The number of rotatable bonds is 4. The highest BCUT2D eigenvalue weighted by atomic mass is 16.1. The van der Waals surface area contributed by atoms with Crippen LogP contribution >= 0.6 is 0 Å². The van der Waals surface area contributed by atoms with Crippen LogP contribution in [0.25, 0.3) is 0 Å². The first kappa shape index (κ1) is 7.54. The first-order chi connectivity index (χ1) is 4.83. The zero-order chi connectivity index (χ0) is 7.40. The predicted octanol–water partition coefficient (Wildman–Crippen LogP) is -0.172. The summed E-state index contributed by atoms with van der Waals surface area (Å²) < 4.78 is 0. The molecule has 1 aliphatic heterocycles. The number of nitrogens with one attached hydrogen (secondary N) is 1. The Kier molecular flexibility index (Phi) is 2.68. The fraction of sp³-hybridized carbons (Fsp3) is 0.857. The Morgan fingerprint density at radius 2 is 2.30 bits per heavy atom. The van der Waals surface area contributed by atoms with Crippen LogP contribution in [-0.4, -0.2) is 37.0 Å². The van der Waals surface area contributed by atoms with Crippen LogP contribution in [0, 0.1) is 0 Å². The van der Waals surface area contributed by atoms with Crippen molar-refractivity contribution in [2.24, 2.45) is 0 Å². The van der Waals surface area contributed by atoms with Crippen LogP contribution in [0.2, 0.25) is 0 Å². The van der Waals surface area contributed by atoms with Crippen molar-refractivity contribution in [1.29, 1.82) is 0 Å². The van der Waals surface area contributed by atoms with E-state index in [2.05, 4.69) is 10.2 Å². The molecule has 1 fully saturated rings. The number of nitrogens with zero attached hydrogens (tertiary/aromatic N) is 1. The van der Waals surface area contributed by atoms with Crippen molar-refractivity contribution in [2.45, 2.75) is 13.3 Å². The largest absolute Gasteiger partial charge is 0.356 e. The highest BCUT2D eigenvalue weighted by Crippen LogP contribution is 2.02. The number of hydrogen-bond acceptors (Lipinski definition) is 2. The maximum Gasteiger partial charge on any atom is 0.221 e. The zero-order valence-electron chi connectivity index (χ0n) is 6.39. The van der Waals surface area contributed by atoms with Gasteiger partial charge in [-0.25, -0.2) is 0 Å². The molecule has 58 valence electrons. The highest BCUT2D eigenvalue weighted by molar-refractivity contribution is 5.75. The van der Waals surface area contributed by atoms with Crippen LogP contribution in [0.3, 0.4) is 0 Å². The van der Waals surface area contributed by atoms with E-state index < -0.39 is 0 Å². The summed E-state index contributed by atoms with van der Waals surface area (Å²) >= 11 is 0. The molecule has 0 aliphatic carbocycles. The lowest BCUT2D eigenvalue weighted by atomic mass is 10.4. The number of carbonyl (C=O) groups is 1. The monoisotopic (exact) mass is 142 g/mol. The van der Waals surface area contributed by atoms with Gasteiger partial charge in [0.1, 0.15) is 0 Å². The molecule has 10 heavy (non-hydrogen) atoms. The van der Waals surface area contributed by atoms with Crippen molar-refractivity contribution in [3.63, 3.8) is 0 Å². The zero-order valence-corrected chi connectivity index (χ0v) is 6.39. The molecule has 0 aromatic carbocycles. The van der Waals surface area contributed by atoms with E-state index in [-0.39, 0.29) is 5.91 Å². The molecule has 0 aromatic heterocycles. The summed E-state index contributed by atoms with van der Waals surface area (Å²) in [6.45, 7) is 5.98. The first-order valence-corrected chi connectivity index (χ1v) is 3.82. The third-order valence-electron chi connectivity index (χ3n) is 1.57. The minimum absolute atomic E-state index is 0.175. The third kappa shape index (κ3) is 2.82. The summed E-state index contributed by atoms with van der Waals surface area (Å²) in [6.07, 6.45) is 0.661. The SMILES string of the molecule is CCNC(=O)CCN1CC1. The van der Waals surface area contributed by atoms with E-state index in [1.54, 1.807) is 0 Å². The van der Waals surface area contributed by atoms with E-state index >= 15 is 0 Å². The molecule has 1 amide bonds. The van der Waals surface area contributed by atoms with Crippen LogP contribution in [0.4, 0.5) is 0 Å². The van der Waals surface area contributed by atoms with Gasteiger partial charge in [0.15, 0.2) is 0 Å². The van der Waals surface area contributed by atoms with Gasteiger partial charge in [0.2, 0.25) is 5.91 Å². The fourth-order valence-corrected chi connectivity index (χ4v) is 0.840. The molecule has 0 spiro atoms. The summed E-state index contributed by atoms with van der Waals surface area (Å²) in [5, 5.41) is 2.76. The molecule has 1 rings (SSSR count).